The largest absolute Gasteiger partial charge is 0.298 e. The fourth-order valence-corrected chi connectivity index (χ4v) is 5.46. The van der Waals surface area contributed by atoms with Crippen LogP contribution < -0.4 is 10.0 Å². The molecule has 0 aliphatic carbocycles. The van der Waals surface area contributed by atoms with Gasteiger partial charge in [0.1, 0.15) is 0 Å². The van der Waals surface area contributed by atoms with Gasteiger partial charge in [-0.3, -0.25) is 14.8 Å². The van der Waals surface area contributed by atoms with Gasteiger partial charge in [0.05, 0.1) is 15.1 Å². The van der Waals surface area contributed by atoms with E-state index in [0.29, 0.717) is 16.4 Å². The molecule has 0 aliphatic heterocycles. The van der Waals surface area contributed by atoms with E-state index in [4.69, 9.17) is 0 Å². The van der Waals surface area contributed by atoms with E-state index in [9.17, 15) is 13.2 Å². The number of rotatable bonds is 5. The lowest BCUT2D eigenvalue weighted by Crippen LogP contribution is -2.14. The topological polar surface area (TPSA) is 88.2 Å². The number of thiazole rings is 1. The third kappa shape index (κ3) is 3.93. The zero-order valence-electron chi connectivity index (χ0n) is 16.6. The second kappa shape index (κ2) is 8.07. The number of fused-ring (bicyclic) bond motifs is 3. The molecule has 158 valence electrons. The number of carbonyl (C=O) groups excluding carboxylic acids is 1. The number of amides is 1. The summed E-state index contributed by atoms with van der Waals surface area (Å²) in [5.74, 6) is -0.314. The Morgan fingerprint density at radius 2 is 1.53 bits per heavy atom. The summed E-state index contributed by atoms with van der Waals surface area (Å²) in [7, 11) is -3.69. The second-order valence-corrected chi connectivity index (χ2v) is 9.79. The first-order chi connectivity index (χ1) is 15.5. The molecule has 0 unspecified atom stereocenters. The molecule has 0 fully saturated rings. The lowest BCUT2D eigenvalue weighted by atomic mass is 10.1. The molecule has 1 heterocycles. The Morgan fingerprint density at radius 1 is 0.812 bits per heavy atom. The molecule has 5 aromatic rings. The minimum atomic E-state index is -3.69. The van der Waals surface area contributed by atoms with Crippen molar-refractivity contribution in [3.05, 3.63) is 96.6 Å². The van der Waals surface area contributed by atoms with Crippen molar-refractivity contribution in [2.45, 2.75) is 4.90 Å². The monoisotopic (exact) mass is 459 g/mol. The van der Waals surface area contributed by atoms with Crippen LogP contribution in [0.2, 0.25) is 0 Å². The van der Waals surface area contributed by atoms with Crippen LogP contribution in [-0.4, -0.2) is 19.3 Å². The van der Waals surface area contributed by atoms with Crippen LogP contribution in [0, 0.1) is 0 Å². The fraction of sp³-hybridized carbons (Fsp3) is 0. The van der Waals surface area contributed by atoms with Crippen molar-refractivity contribution in [1.29, 1.82) is 0 Å². The van der Waals surface area contributed by atoms with Gasteiger partial charge in [0.25, 0.3) is 15.9 Å². The van der Waals surface area contributed by atoms with Gasteiger partial charge in [0.2, 0.25) is 0 Å². The lowest BCUT2D eigenvalue weighted by Gasteiger charge is -2.08. The normalized spacial score (nSPS) is 11.5. The van der Waals surface area contributed by atoms with Crippen LogP contribution in [0.3, 0.4) is 0 Å². The maximum atomic E-state index is 12.7. The fourth-order valence-electron chi connectivity index (χ4n) is 3.38. The molecule has 0 aliphatic rings. The van der Waals surface area contributed by atoms with E-state index < -0.39 is 10.0 Å². The molecule has 0 bridgehead atoms. The van der Waals surface area contributed by atoms with Crippen LogP contribution in [-0.2, 0) is 10.0 Å². The second-order valence-electron chi connectivity index (χ2n) is 7.10. The Kier molecular flexibility index (Phi) is 5.08. The van der Waals surface area contributed by atoms with E-state index in [1.807, 2.05) is 36.4 Å². The van der Waals surface area contributed by atoms with E-state index >= 15 is 0 Å². The number of nitrogens with one attached hydrogen (secondary N) is 2. The van der Waals surface area contributed by atoms with Gasteiger partial charge in [-0.2, -0.15) is 0 Å². The third-order valence-corrected chi connectivity index (χ3v) is 7.37. The molecule has 6 nitrogen and oxygen atoms in total. The number of anilines is 2. The number of benzene rings is 4. The smallest absolute Gasteiger partial charge is 0.261 e. The van der Waals surface area contributed by atoms with Gasteiger partial charge in [0, 0.05) is 16.6 Å². The van der Waals surface area contributed by atoms with Crippen molar-refractivity contribution in [1.82, 2.24) is 4.98 Å². The summed E-state index contributed by atoms with van der Waals surface area (Å²) in [5.41, 5.74) is 1.60. The lowest BCUT2D eigenvalue weighted by molar-refractivity contribution is 0.102. The summed E-state index contributed by atoms with van der Waals surface area (Å²) < 4.78 is 28.4. The van der Waals surface area contributed by atoms with Gasteiger partial charge in [-0.25, -0.2) is 13.4 Å². The van der Waals surface area contributed by atoms with Crippen LogP contribution in [0.25, 0.3) is 21.0 Å². The summed E-state index contributed by atoms with van der Waals surface area (Å²) in [6, 6.07) is 26.4. The number of sulfonamides is 1. The van der Waals surface area contributed by atoms with E-state index in [1.165, 1.54) is 23.5 Å². The van der Waals surface area contributed by atoms with Crippen molar-refractivity contribution in [2.24, 2.45) is 0 Å². The van der Waals surface area contributed by atoms with Crippen LogP contribution in [0.5, 0.6) is 0 Å². The van der Waals surface area contributed by atoms with Gasteiger partial charge in [-0.05, 0) is 47.9 Å². The number of hydrogen-bond acceptors (Lipinski definition) is 5. The summed E-state index contributed by atoms with van der Waals surface area (Å²) in [6.07, 6.45) is 0. The van der Waals surface area contributed by atoms with E-state index in [-0.39, 0.29) is 10.8 Å². The summed E-state index contributed by atoms with van der Waals surface area (Å²) in [5, 5.41) is 5.56. The molecule has 0 radical (unpaired) electrons. The van der Waals surface area contributed by atoms with Crippen LogP contribution in [0.1, 0.15) is 10.4 Å². The van der Waals surface area contributed by atoms with Crippen molar-refractivity contribution in [2.75, 3.05) is 10.0 Å². The van der Waals surface area contributed by atoms with Crippen LogP contribution in [0.4, 0.5) is 10.8 Å². The maximum absolute atomic E-state index is 12.7. The molecule has 8 heteroatoms. The van der Waals surface area contributed by atoms with Crippen molar-refractivity contribution >= 4 is 59.1 Å². The molecular weight excluding hydrogens is 442 g/mol. The van der Waals surface area contributed by atoms with E-state index in [2.05, 4.69) is 15.0 Å². The molecule has 0 saturated heterocycles. The molecule has 0 spiro atoms. The highest BCUT2D eigenvalue weighted by molar-refractivity contribution is 7.92. The van der Waals surface area contributed by atoms with Gasteiger partial charge in [-0.1, -0.05) is 59.9 Å². The van der Waals surface area contributed by atoms with Crippen molar-refractivity contribution < 1.29 is 13.2 Å². The van der Waals surface area contributed by atoms with Gasteiger partial charge in [0.15, 0.2) is 5.13 Å². The van der Waals surface area contributed by atoms with Gasteiger partial charge in [-0.15, -0.1) is 0 Å². The number of aromatic nitrogens is 1. The predicted octanol–water partition coefficient (Wildman–Crippen LogP) is 5.50. The van der Waals surface area contributed by atoms with E-state index in [1.54, 1.807) is 42.5 Å². The number of hydrogen-bond donors (Lipinski definition) is 2. The van der Waals surface area contributed by atoms with E-state index in [0.717, 1.165) is 21.0 Å². The zero-order valence-corrected chi connectivity index (χ0v) is 18.3. The highest BCUT2D eigenvalue weighted by Crippen LogP contribution is 2.32. The highest BCUT2D eigenvalue weighted by atomic mass is 32.2. The quantitative estimate of drug-likeness (QED) is 0.363. The SMILES string of the molecule is O=C(Nc1nc2ccc3ccccc3c2s1)c1ccc(NS(=O)(=O)c2ccccc2)cc1. The number of nitrogens with zero attached hydrogens (tertiary/aromatic N) is 1. The Balaban J connectivity index is 1.33. The third-order valence-electron chi connectivity index (χ3n) is 4.95. The Bertz CT molecular complexity index is 1540. The van der Waals surface area contributed by atoms with Crippen molar-refractivity contribution in [3.8, 4) is 0 Å². The summed E-state index contributed by atoms with van der Waals surface area (Å²) >= 11 is 1.42. The standard InChI is InChI=1S/C24H17N3O3S2/c28-23(26-24-25-21-15-12-16-6-4-5-9-20(16)22(21)31-24)17-10-13-18(14-11-17)27-32(29,30)19-7-2-1-3-8-19/h1-15,27H,(H,25,26,28). The average Bonchev–Trinajstić information content (AvgIpc) is 3.23. The molecule has 32 heavy (non-hydrogen) atoms. The zero-order chi connectivity index (χ0) is 22.1. The maximum Gasteiger partial charge on any atom is 0.261 e. The number of carbonyl (C=O) groups is 1. The molecule has 1 amide bonds. The Morgan fingerprint density at radius 3 is 2.31 bits per heavy atom. The van der Waals surface area contributed by atoms with Crippen LogP contribution in [0.15, 0.2) is 95.9 Å². The first-order valence-corrected chi connectivity index (χ1v) is 12.1. The molecule has 5 rings (SSSR count). The summed E-state index contributed by atoms with van der Waals surface area (Å²) in [4.78, 5) is 17.4. The van der Waals surface area contributed by atoms with Gasteiger partial charge < -0.3 is 0 Å². The molecule has 2 N–H and O–H groups in total. The van der Waals surface area contributed by atoms with Gasteiger partial charge >= 0.3 is 0 Å². The first-order valence-electron chi connectivity index (χ1n) is 9.77. The molecule has 0 saturated carbocycles. The minimum absolute atomic E-state index is 0.171. The molecular formula is C24H17N3O3S2. The van der Waals surface area contributed by atoms with Crippen molar-refractivity contribution in [3.63, 3.8) is 0 Å². The predicted molar refractivity (Wildman–Crippen MR) is 129 cm³/mol. The average molecular weight is 460 g/mol. The molecule has 1 aromatic heterocycles. The summed E-state index contributed by atoms with van der Waals surface area (Å²) in [6.45, 7) is 0. The van der Waals surface area contributed by atoms with Crippen LogP contribution >= 0.6 is 11.3 Å². The minimum Gasteiger partial charge on any atom is -0.298 e. The molecule has 0 atom stereocenters. The molecule has 4 aromatic carbocycles. The highest BCUT2D eigenvalue weighted by Gasteiger charge is 2.15. The Hall–Kier alpha value is -3.75. The first kappa shape index (κ1) is 20.2. The Labute approximate surface area is 188 Å².